The fourth-order valence-corrected chi connectivity index (χ4v) is 1.74. The van der Waals surface area contributed by atoms with Gasteiger partial charge in [0, 0.05) is 0 Å². The Balaban J connectivity index is 3.33. The van der Waals surface area contributed by atoms with Crippen molar-refractivity contribution in [2.75, 3.05) is 6.54 Å². The standard InChI is InChI=1S/C12H19NO/c1-7-5-11(8(2)6-13)9(3)10(4)12(7)14/h5,8,14H,6,13H2,1-4H3. The second-order valence-corrected chi connectivity index (χ2v) is 4.02. The number of aryl methyl sites for hydroxylation is 1. The highest BCUT2D eigenvalue weighted by Gasteiger charge is 2.12. The molecule has 0 bridgehead atoms. The summed E-state index contributed by atoms with van der Waals surface area (Å²) in [4.78, 5) is 0. The van der Waals surface area contributed by atoms with Crippen LogP contribution in [0.15, 0.2) is 6.07 Å². The van der Waals surface area contributed by atoms with Gasteiger partial charge in [-0.15, -0.1) is 0 Å². The van der Waals surface area contributed by atoms with Crippen molar-refractivity contribution in [2.24, 2.45) is 5.73 Å². The SMILES string of the molecule is Cc1cc(C(C)CN)c(C)c(C)c1O. The summed E-state index contributed by atoms with van der Waals surface area (Å²) in [7, 11) is 0. The van der Waals surface area contributed by atoms with E-state index in [0.29, 0.717) is 18.2 Å². The number of benzene rings is 1. The highest BCUT2D eigenvalue weighted by molar-refractivity contribution is 5.49. The minimum atomic E-state index is 0.355. The number of rotatable bonds is 2. The van der Waals surface area contributed by atoms with E-state index in [1.807, 2.05) is 26.8 Å². The molecule has 0 heterocycles. The molecule has 1 aromatic carbocycles. The molecule has 1 atom stereocenters. The Labute approximate surface area is 85.8 Å². The van der Waals surface area contributed by atoms with Crippen molar-refractivity contribution in [3.8, 4) is 5.75 Å². The summed E-state index contributed by atoms with van der Waals surface area (Å²) < 4.78 is 0. The normalized spacial score (nSPS) is 12.9. The molecule has 0 saturated carbocycles. The van der Waals surface area contributed by atoms with Crippen LogP contribution < -0.4 is 5.73 Å². The molecule has 2 heteroatoms. The Morgan fingerprint density at radius 3 is 2.36 bits per heavy atom. The van der Waals surface area contributed by atoms with Crippen LogP contribution in [0, 0.1) is 20.8 Å². The second kappa shape index (κ2) is 4.01. The second-order valence-electron chi connectivity index (χ2n) is 4.02. The summed E-state index contributed by atoms with van der Waals surface area (Å²) in [5, 5.41) is 9.73. The van der Waals surface area contributed by atoms with E-state index in [0.717, 1.165) is 16.7 Å². The molecule has 0 fully saturated rings. The Kier molecular flexibility index (Phi) is 3.17. The highest BCUT2D eigenvalue weighted by Crippen LogP contribution is 2.30. The maximum absolute atomic E-state index is 9.73. The quantitative estimate of drug-likeness (QED) is 0.757. The number of hydrogen-bond donors (Lipinski definition) is 2. The number of hydrogen-bond acceptors (Lipinski definition) is 2. The van der Waals surface area contributed by atoms with Gasteiger partial charge in [0.1, 0.15) is 5.75 Å². The summed E-state index contributed by atoms with van der Waals surface area (Å²) >= 11 is 0. The molecule has 0 aliphatic rings. The van der Waals surface area contributed by atoms with Gasteiger partial charge in [-0.2, -0.15) is 0 Å². The lowest BCUT2D eigenvalue weighted by Gasteiger charge is -2.17. The van der Waals surface area contributed by atoms with Gasteiger partial charge in [0.25, 0.3) is 0 Å². The maximum Gasteiger partial charge on any atom is 0.121 e. The number of aromatic hydroxyl groups is 1. The van der Waals surface area contributed by atoms with E-state index >= 15 is 0 Å². The first-order valence-corrected chi connectivity index (χ1v) is 4.98. The molecule has 0 spiro atoms. The summed E-state index contributed by atoms with van der Waals surface area (Å²) in [6.07, 6.45) is 0. The summed E-state index contributed by atoms with van der Waals surface area (Å²) in [6, 6.07) is 2.04. The lowest BCUT2D eigenvalue weighted by molar-refractivity contribution is 0.465. The highest BCUT2D eigenvalue weighted by atomic mass is 16.3. The zero-order valence-electron chi connectivity index (χ0n) is 9.39. The van der Waals surface area contributed by atoms with Crippen molar-refractivity contribution in [3.05, 3.63) is 28.3 Å². The average molecular weight is 193 g/mol. The fourth-order valence-electron chi connectivity index (χ4n) is 1.74. The van der Waals surface area contributed by atoms with Crippen molar-refractivity contribution >= 4 is 0 Å². The molecule has 0 aromatic heterocycles. The van der Waals surface area contributed by atoms with Crippen molar-refractivity contribution in [3.63, 3.8) is 0 Å². The first kappa shape index (κ1) is 11.1. The Bertz CT molecular complexity index is 345. The van der Waals surface area contributed by atoms with Gasteiger partial charge in [-0.3, -0.25) is 0 Å². The number of nitrogens with two attached hydrogens (primary N) is 1. The molecular formula is C12H19NO. The minimum Gasteiger partial charge on any atom is -0.507 e. The molecular weight excluding hydrogens is 174 g/mol. The van der Waals surface area contributed by atoms with E-state index < -0.39 is 0 Å². The van der Waals surface area contributed by atoms with Crippen LogP contribution in [0.2, 0.25) is 0 Å². The van der Waals surface area contributed by atoms with Gasteiger partial charge in [-0.05, 0) is 55.5 Å². The molecule has 0 amide bonds. The third-order valence-corrected chi connectivity index (χ3v) is 2.98. The van der Waals surface area contributed by atoms with Crippen LogP contribution in [0.1, 0.15) is 35.1 Å². The van der Waals surface area contributed by atoms with Gasteiger partial charge < -0.3 is 10.8 Å². The molecule has 1 aromatic rings. The summed E-state index contributed by atoms with van der Waals surface area (Å²) in [5.41, 5.74) is 9.96. The third kappa shape index (κ3) is 1.75. The summed E-state index contributed by atoms with van der Waals surface area (Å²) in [6.45, 7) is 8.66. The fraction of sp³-hybridized carbons (Fsp3) is 0.500. The lowest BCUT2D eigenvalue weighted by atomic mass is 9.91. The van der Waals surface area contributed by atoms with E-state index in [9.17, 15) is 5.11 Å². The lowest BCUT2D eigenvalue weighted by Crippen LogP contribution is -2.11. The van der Waals surface area contributed by atoms with Crippen LogP contribution in [-0.2, 0) is 0 Å². The van der Waals surface area contributed by atoms with Gasteiger partial charge in [0.05, 0.1) is 0 Å². The van der Waals surface area contributed by atoms with Crippen molar-refractivity contribution in [1.82, 2.24) is 0 Å². The Morgan fingerprint density at radius 2 is 1.86 bits per heavy atom. The first-order valence-electron chi connectivity index (χ1n) is 4.98. The molecule has 3 N–H and O–H groups in total. The number of phenols is 1. The predicted octanol–water partition coefficient (Wildman–Crippen LogP) is 2.38. The molecule has 1 unspecified atom stereocenters. The van der Waals surface area contributed by atoms with E-state index in [-0.39, 0.29) is 0 Å². The molecule has 1 rings (SSSR count). The topological polar surface area (TPSA) is 46.2 Å². The van der Waals surface area contributed by atoms with E-state index in [4.69, 9.17) is 5.73 Å². The van der Waals surface area contributed by atoms with E-state index in [1.54, 1.807) is 0 Å². The van der Waals surface area contributed by atoms with Crippen molar-refractivity contribution in [1.29, 1.82) is 0 Å². The maximum atomic E-state index is 9.73. The molecule has 0 aliphatic heterocycles. The molecule has 78 valence electrons. The average Bonchev–Trinajstić information content (AvgIpc) is 2.19. The van der Waals surface area contributed by atoms with Crippen LogP contribution >= 0.6 is 0 Å². The van der Waals surface area contributed by atoms with Gasteiger partial charge in [-0.25, -0.2) is 0 Å². The minimum absolute atomic E-state index is 0.355. The zero-order valence-corrected chi connectivity index (χ0v) is 9.39. The van der Waals surface area contributed by atoms with E-state index in [2.05, 4.69) is 6.92 Å². The number of phenolic OH excluding ortho intramolecular Hbond substituents is 1. The van der Waals surface area contributed by atoms with Gasteiger partial charge in [0.2, 0.25) is 0 Å². The molecule has 2 nitrogen and oxygen atoms in total. The van der Waals surface area contributed by atoms with Crippen molar-refractivity contribution < 1.29 is 5.11 Å². The van der Waals surface area contributed by atoms with E-state index in [1.165, 1.54) is 5.56 Å². The molecule has 14 heavy (non-hydrogen) atoms. The van der Waals surface area contributed by atoms with Gasteiger partial charge >= 0.3 is 0 Å². The largest absolute Gasteiger partial charge is 0.507 e. The zero-order chi connectivity index (χ0) is 10.9. The predicted molar refractivity (Wildman–Crippen MR) is 59.8 cm³/mol. The summed E-state index contributed by atoms with van der Waals surface area (Å²) in [5.74, 6) is 0.767. The van der Waals surface area contributed by atoms with Gasteiger partial charge in [-0.1, -0.05) is 13.0 Å². The third-order valence-electron chi connectivity index (χ3n) is 2.98. The smallest absolute Gasteiger partial charge is 0.121 e. The van der Waals surface area contributed by atoms with Gasteiger partial charge in [0.15, 0.2) is 0 Å². The van der Waals surface area contributed by atoms with Crippen LogP contribution in [0.25, 0.3) is 0 Å². The molecule has 0 saturated heterocycles. The van der Waals surface area contributed by atoms with Crippen LogP contribution in [0.3, 0.4) is 0 Å². The Morgan fingerprint density at radius 1 is 1.29 bits per heavy atom. The first-order chi connectivity index (χ1) is 6.49. The van der Waals surface area contributed by atoms with Crippen LogP contribution in [-0.4, -0.2) is 11.7 Å². The monoisotopic (exact) mass is 193 g/mol. The van der Waals surface area contributed by atoms with Crippen molar-refractivity contribution in [2.45, 2.75) is 33.6 Å². The molecule has 0 aliphatic carbocycles. The van der Waals surface area contributed by atoms with Crippen LogP contribution in [0.4, 0.5) is 0 Å². The van der Waals surface area contributed by atoms with Crippen LogP contribution in [0.5, 0.6) is 5.75 Å². The molecule has 0 radical (unpaired) electrons. The Hall–Kier alpha value is -1.02.